The summed E-state index contributed by atoms with van der Waals surface area (Å²) in [5, 5.41) is 0. The molecule has 0 radical (unpaired) electrons. The fourth-order valence-electron chi connectivity index (χ4n) is 5.31. The molecule has 11 heteroatoms. The Morgan fingerprint density at radius 2 is 1.76 bits per heavy atom. The molecule has 10 nitrogen and oxygen atoms in total. The smallest absolute Gasteiger partial charge is 0.416 e. The summed E-state index contributed by atoms with van der Waals surface area (Å²) in [6.45, 7) is 6.18. The van der Waals surface area contributed by atoms with Gasteiger partial charge in [-0.05, 0) is 69.2 Å². The number of benzene rings is 2. The summed E-state index contributed by atoms with van der Waals surface area (Å²) >= 11 is 0. The van der Waals surface area contributed by atoms with Crippen molar-refractivity contribution in [2.45, 2.75) is 56.6 Å². The van der Waals surface area contributed by atoms with Crippen molar-refractivity contribution in [3.63, 3.8) is 0 Å². The normalized spacial score (nSPS) is 20.3. The number of ether oxygens (including phenoxy) is 2. The highest BCUT2D eigenvalue weighted by Crippen LogP contribution is 2.32. The molecule has 2 aliphatic rings. The highest BCUT2D eigenvalue weighted by Gasteiger charge is 2.45. The molecule has 2 fully saturated rings. The Bertz CT molecular complexity index is 1370. The van der Waals surface area contributed by atoms with Crippen LogP contribution >= 0.6 is 0 Å². The summed E-state index contributed by atoms with van der Waals surface area (Å²) in [4.78, 5) is 42.8. The number of sulfonamides is 1. The summed E-state index contributed by atoms with van der Waals surface area (Å²) in [5.74, 6) is -1.34. The van der Waals surface area contributed by atoms with Gasteiger partial charge in [0.15, 0.2) is 0 Å². The van der Waals surface area contributed by atoms with Gasteiger partial charge >= 0.3 is 12.2 Å². The average molecular weight is 586 g/mol. The van der Waals surface area contributed by atoms with Crippen LogP contribution in [-0.2, 0) is 37.1 Å². The van der Waals surface area contributed by atoms with Gasteiger partial charge in [-0.2, -0.15) is 0 Å². The quantitative estimate of drug-likeness (QED) is 0.461. The predicted molar refractivity (Wildman–Crippen MR) is 153 cm³/mol. The van der Waals surface area contributed by atoms with Gasteiger partial charge in [0.05, 0.1) is 10.9 Å². The van der Waals surface area contributed by atoms with Crippen LogP contribution in [0.1, 0.15) is 38.3 Å². The molecule has 2 heterocycles. The Morgan fingerprint density at radius 3 is 2.41 bits per heavy atom. The summed E-state index contributed by atoms with van der Waals surface area (Å²) < 4.78 is 37.6. The zero-order chi connectivity index (χ0) is 29.9. The van der Waals surface area contributed by atoms with Crippen molar-refractivity contribution in [1.82, 2.24) is 14.1 Å². The van der Waals surface area contributed by atoms with Gasteiger partial charge in [0.2, 0.25) is 15.9 Å². The second-order valence-electron chi connectivity index (χ2n) is 11.8. The standard InChI is InChI=1S/C30H39N3O7S/c1-30(2,3)40-28(35)32-15-14-23(19-32)26(18-22-12-9-13-25(17-22)41(37,38)31(4)5)27(34)33-24(20-39-29(33)36)16-21-10-7-6-8-11-21/h6-13,17,23-24,26H,14-16,18-20H2,1-5H3/t23-,24-,26-/m0/s1. The number of amides is 3. The fraction of sp³-hybridized carbons (Fsp3) is 0.500. The molecule has 222 valence electrons. The van der Waals surface area contributed by atoms with Gasteiger partial charge in [-0.25, -0.2) is 27.2 Å². The molecule has 0 aromatic heterocycles. The number of hydrogen-bond acceptors (Lipinski definition) is 7. The van der Waals surface area contributed by atoms with Gasteiger partial charge in [-0.15, -0.1) is 0 Å². The Morgan fingerprint density at radius 1 is 1.07 bits per heavy atom. The first-order chi connectivity index (χ1) is 19.3. The Kier molecular flexibility index (Phi) is 9.08. The van der Waals surface area contributed by atoms with E-state index in [1.54, 1.807) is 43.9 Å². The van der Waals surface area contributed by atoms with E-state index in [9.17, 15) is 22.8 Å². The minimum Gasteiger partial charge on any atom is -0.447 e. The van der Waals surface area contributed by atoms with Crippen molar-refractivity contribution >= 4 is 28.1 Å². The maximum atomic E-state index is 14.2. The molecule has 2 saturated heterocycles. The van der Waals surface area contributed by atoms with E-state index < -0.39 is 39.8 Å². The van der Waals surface area contributed by atoms with Crippen LogP contribution in [0.2, 0.25) is 0 Å². The number of likely N-dealkylation sites (tertiary alicyclic amines) is 1. The summed E-state index contributed by atoms with van der Waals surface area (Å²) in [6, 6.07) is 15.6. The van der Waals surface area contributed by atoms with E-state index in [0.717, 1.165) is 9.87 Å². The lowest BCUT2D eigenvalue weighted by atomic mass is 9.84. The lowest BCUT2D eigenvalue weighted by molar-refractivity contribution is -0.135. The van der Waals surface area contributed by atoms with E-state index >= 15 is 0 Å². The first-order valence-electron chi connectivity index (χ1n) is 13.8. The van der Waals surface area contributed by atoms with Crippen LogP contribution in [0.4, 0.5) is 9.59 Å². The van der Waals surface area contributed by atoms with E-state index in [4.69, 9.17) is 9.47 Å². The minimum absolute atomic E-state index is 0.0947. The lowest BCUT2D eigenvalue weighted by Gasteiger charge is -2.29. The van der Waals surface area contributed by atoms with Crippen LogP contribution in [0.25, 0.3) is 0 Å². The minimum atomic E-state index is -3.69. The lowest BCUT2D eigenvalue weighted by Crippen LogP contribution is -2.46. The molecule has 3 amide bonds. The number of hydrogen-bond donors (Lipinski definition) is 0. The molecule has 41 heavy (non-hydrogen) atoms. The molecule has 2 aromatic carbocycles. The third kappa shape index (κ3) is 7.26. The summed E-state index contributed by atoms with van der Waals surface area (Å²) in [7, 11) is -0.761. The number of nitrogens with zero attached hydrogens (tertiary/aromatic N) is 3. The van der Waals surface area contributed by atoms with Crippen molar-refractivity contribution in [3.05, 3.63) is 65.7 Å². The van der Waals surface area contributed by atoms with Gasteiger partial charge in [0.1, 0.15) is 12.2 Å². The molecular formula is C30H39N3O7S. The SMILES string of the molecule is CN(C)S(=O)(=O)c1cccc(C[C@H](C(=O)N2C(=O)OC[C@@H]2Cc2ccccc2)[C@H]2CCN(C(=O)OC(C)(C)C)C2)c1. The third-order valence-electron chi connectivity index (χ3n) is 7.41. The maximum absolute atomic E-state index is 14.2. The van der Waals surface area contributed by atoms with E-state index in [1.165, 1.54) is 25.1 Å². The molecule has 0 saturated carbocycles. The first kappa shape index (κ1) is 30.5. The van der Waals surface area contributed by atoms with Gasteiger partial charge in [0.25, 0.3) is 0 Å². The van der Waals surface area contributed by atoms with Crippen molar-refractivity contribution < 1.29 is 32.3 Å². The Labute approximate surface area is 242 Å². The second-order valence-corrected chi connectivity index (χ2v) is 14.0. The number of imide groups is 1. The highest BCUT2D eigenvalue weighted by atomic mass is 32.2. The molecule has 2 aromatic rings. The summed E-state index contributed by atoms with van der Waals surface area (Å²) in [6.07, 6.45) is 0.0534. The van der Waals surface area contributed by atoms with Crippen molar-refractivity contribution in [3.8, 4) is 0 Å². The maximum Gasteiger partial charge on any atom is 0.416 e. The van der Waals surface area contributed by atoms with Crippen LogP contribution in [0.15, 0.2) is 59.5 Å². The monoisotopic (exact) mass is 585 g/mol. The molecule has 2 aliphatic heterocycles. The van der Waals surface area contributed by atoms with Gasteiger partial charge in [0, 0.05) is 33.1 Å². The molecule has 0 aliphatic carbocycles. The van der Waals surface area contributed by atoms with E-state index in [2.05, 4.69) is 0 Å². The topological polar surface area (TPSA) is 114 Å². The van der Waals surface area contributed by atoms with Gasteiger partial charge in [-0.1, -0.05) is 42.5 Å². The molecular weight excluding hydrogens is 546 g/mol. The van der Waals surface area contributed by atoms with Gasteiger partial charge in [-0.3, -0.25) is 4.79 Å². The van der Waals surface area contributed by atoms with E-state index in [0.29, 0.717) is 24.9 Å². The largest absolute Gasteiger partial charge is 0.447 e. The van der Waals surface area contributed by atoms with Crippen LogP contribution in [0, 0.1) is 11.8 Å². The van der Waals surface area contributed by atoms with E-state index in [-0.39, 0.29) is 36.3 Å². The third-order valence-corrected chi connectivity index (χ3v) is 9.22. The number of carbonyl (C=O) groups is 3. The predicted octanol–water partition coefficient (Wildman–Crippen LogP) is 3.94. The average Bonchev–Trinajstić information content (AvgIpc) is 3.54. The number of cyclic esters (lactones) is 1. The van der Waals surface area contributed by atoms with Crippen LogP contribution in [-0.4, -0.2) is 86.1 Å². The summed E-state index contributed by atoms with van der Waals surface area (Å²) in [5.41, 5.74) is 0.963. The molecule has 4 rings (SSSR count). The number of carbonyl (C=O) groups excluding carboxylic acids is 3. The second kappa shape index (κ2) is 12.2. The van der Waals surface area contributed by atoms with Gasteiger partial charge < -0.3 is 14.4 Å². The zero-order valence-electron chi connectivity index (χ0n) is 24.3. The highest BCUT2D eigenvalue weighted by molar-refractivity contribution is 7.89. The van der Waals surface area contributed by atoms with Crippen LogP contribution in [0.5, 0.6) is 0 Å². The Balaban J connectivity index is 1.63. The molecule has 3 atom stereocenters. The molecule has 0 spiro atoms. The molecule has 0 N–H and O–H groups in total. The zero-order valence-corrected chi connectivity index (χ0v) is 25.1. The first-order valence-corrected chi connectivity index (χ1v) is 15.2. The van der Waals surface area contributed by atoms with Crippen LogP contribution in [0.3, 0.4) is 0 Å². The molecule has 0 bridgehead atoms. The Hall–Kier alpha value is -3.44. The van der Waals surface area contributed by atoms with Crippen molar-refractivity contribution in [1.29, 1.82) is 0 Å². The van der Waals surface area contributed by atoms with Crippen molar-refractivity contribution in [2.75, 3.05) is 33.8 Å². The number of rotatable bonds is 8. The van der Waals surface area contributed by atoms with Crippen LogP contribution < -0.4 is 0 Å². The molecule has 0 unspecified atom stereocenters. The fourth-order valence-corrected chi connectivity index (χ4v) is 6.28. The van der Waals surface area contributed by atoms with E-state index in [1.807, 2.05) is 30.3 Å². The van der Waals surface area contributed by atoms with Crippen molar-refractivity contribution in [2.24, 2.45) is 11.8 Å².